The highest BCUT2D eigenvalue weighted by Crippen LogP contribution is 2.67. The number of rotatable bonds is 9. The molecule has 0 bridgehead atoms. The standard InChI is InChI=1S/C21H33O4PS2/c1-7-23-26(22,24-8-2)19-17(16-13-11-10-12-14-16)15-18(25-21(4,5)6)28-20(19)27-9-3/h10-14,17-18H,7-9,15H2,1-6H3/t17-,18+/m0/s1. The minimum atomic E-state index is -3.40. The van der Waals surface area contributed by atoms with Gasteiger partial charge in [-0.2, -0.15) is 0 Å². The molecule has 1 aliphatic heterocycles. The molecule has 0 aromatic heterocycles. The van der Waals surface area contributed by atoms with E-state index in [-0.39, 0.29) is 17.0 Å². The van der Waals surface area contributed by atoms with Gasteiger partial charge in [-0.15, -0.1) is 11.8 Å². The van der Waals surface area contributed by atoms with E-state index in [9.17, 15) is 4.57 Å². The lowest BCUT2D eigenvalue weighted by atomic mass is 9.95. The maximum atomic E-state index is 13.9. The van der Waals surface area contributed by atoms with Gasteiger partial charge in [0.05, 0.1) is 28.4 Å². The van der Waals surface area contributed by atoms with E-state index in [1.807, 2.05) is 32.0 Å². The molecule has 0 saturated heterocycles. The lowest BCUT2D eigenvalue weighted by molar-refractivity contribution is -0.0233. The summed E-state index contributed by atoms with van der Waals surface area (Å²) in [6.45, 7) is 12.7. The molecule has 4 nitrogen and oxygen atoms in total. The summed E-state index contributed by atoms with van der Waals surface area (Å²) in [5.41, 5.74) is 0.857. The summed E-state index contributed by atoms with van der Waals surface area (Å²) in [6.07, 6.45) is 0.735. The zero-order valence-corrected chi connectivity index (χ0v) is 20.3. The number of thioether (sulfide) groups is 2. The molecule has 0 saturated carbocycles. The highest BCUT2D eigenvalue weighted by molar-refractivity contribution is 8.22. The molecule has 0 N–H and O–H groups in total. The van der Waals surface area contributed by atoms with Crippen LogP contribution in [0.1, 0.15) is 59.4 Å². The summed E-state index contributed by atoms with van der Waals surface area (Å²) in [7, 11) is -3.40. The minimum Gasteiger partial charge on any atom is -0.362 e. The van der Waals surface area contributed by atoms with Gasteiger partial charge in [0.2, 0.25) is 0 Å². The van der Waals surface area contributed by atoms with Crippen molar-refractivity contribution in [2.75, 3.05) is 19.0 Å². The van der Waals surface area contributed by atoms with Gasteiger partial charge in [0.25, 0.3) is 0 Å². The van der Waals surface area contributed by atoms with Crippen LogP contribution in [0.5, 0.6) is 0 Å². The van der Waals surface area contributed by atoms with Crippen molar-refractivity contribution in [1.82, 2.24) is 0 Å². The third-order valence-corrected chi connectivity index (χ3v) is 9.08. The van der Waals surface area contributed by atoms with E-state index >= 15 is 0 Å². The van der Waals surface area contributed by atoms with Gasteiger partial charge in [0.1, 0.15) is 5.44 Å². The zero-order valence-electron chi connectivity index (χ0n) is 17.8. The molecule has 0 unspecified atom stereocenters. The largest absolute Gasteiger partial charge is 0.362 e. The molecule has 0 radical (unpaired) electrons. The van der Waals surface area contributed by atoms with Gasteiger partial charge >= 0.3 is 7.60 Å². The topological polar surface area (TPSA) is 44.8 Å². The monoisotopic (exact) mass is 444 g/mol. The summed E-state index contributed by atoms with van der Waals surface area (Å²) in [5, 5.41) is 0.799. The zero-order chi connectivity index (χ0) is 20.8. The van der Waals surface area contributed by atoms with E-state index in [1.54, 1.807) is 23.5 Å². The van der Waals surface area contributed by atoms with E-state index in [1.165, 1.54) is 0 Å². The third kappa shape index (κ3) is 6.38. The fourth-order valence-electron chi connectivity index (χ4n) is 3.18. The van der Waals surface area contributed by atoms with Crippen LogP contribution < -0.4 is 0 Å². The molecule has 1 heterocycles. The Bertz CT molecular complexity index is 690. The first-order valence-corrected chi connectivity index (χ1v) is 13.3. The Morgan fingerprint density at radius 2 is 1.71 bits per heavy atom. The molecule has 28 heavy (non-hydrogen) atoms. The van der Waals surface area contributed by atoms with Crippen molar-refractivity contribution < 1.29 is 18.3 Å². The van der Waals surface area contributed by atoms with Crippen LogP contribution in [-0.4, -0.2) is 30.0 Å². The van der Waals surface area contributed by atoms with Gasteiger partial charge in [-0.05, 0) is 52.4 Å². The lowest BCUT2D eigenvalue weighted by Crippen LogP contribution is -2.29. The summed E-state index contributed by atoms with van der Waals surface area (Å²) in [4.78, 5) is 0. The molecule has 1 aromatic carbocycles. The molecule has 0 aliphatic carbocycles. The Hall–Kier alpha value is -0.230. The van der Waals surface area contributed by atoms with E-state index in [0.29, 0.717) is 13.2 Å². The van der Waals surface area contributed by atoms with Crippen LogP contribution in [-0.2, 0) is 18.3 Å². The Morgan fingerprint density at radius 1 is 1.11 bits per heavy atom. The van der Waals surface area contributed by atoms with Gasteiger partial charge in [-0.25, -0.2) is 0 Å². The second-order valence-electron chi connectivity index (χ2n) is 7.42. The van der Waals surface area contributed by atoms with Crippen molar-refractivity contribution in [3.8, 4) is 0 Å². The molecular weight excluding hydrogens is 411 g/mol. The Balaban J connectivity index is 2.59. The van der Waals surface area contributed by atoms with Gasteiger partial charge in [-0.1, -0.05) is 49.0 Å². The van der Waals surface area contributed by atoms with Crippen molar-refractivity contribution in [1.29, 1.82) is 0 Å². The van der Waals surface area contributed by atoms with Crippen molar-refractivity contribution in [2.45, 2.75) is 64.9 Å². The van der Waals surface area contributed by atoms with Crippen LogP contribution in [0, 0.1) is 0 Å². The first kappa shape index (κ1) is 24.0. The Labute approximate surface area is 178 Å². The third-order valence-electron chi connectivity index (χ3n) is 4.06. The maximum absolute atomic E-state index is 13.9. The second kappa shape index (κ2) is 10.7. The van der Waals surface area contributed by atoms with E-state index in [0.717, 1.165) is 27.3 Å². The second-order valence-corrected chi connectivity index (χ2v) is 12.1. The number of ether oxygens (including phenoxy) is 1. The normalized spacial score (nSPS) is 21.2. The fraction of sp³-hybridized carbons (Fsp3) is 0.619. The van der Waals surface area contributed by atoms with Crippen molar-refractivity contribution >= 4 is 31.1 Å². The minimum absolute atomic E-state index is 0.0142. The number of hydrogen-bond acceptors (Lipinski definition) is 6. The summed E-state index contributed by atoms with van der Waals surface area (Å²) >= 11 is 3.35. The molecule has 1 aromatic rings. The molecule has 2 rings (SSSR count). The van der Waals surface area contributed by atoms with Crippen LogP contribution in [0.4, 0.5) is 0 Å². The van der Waals surface area contributed by atoms with Crippen molar-refractivity contribution in [3.63, 3.8) is 0 Å². The molecule has 0 amide bonds. The first-order valence-electron chi connectivity index (χ1n) is 9.90. The summed E-state index contributed by atoms with van der Waals surface area (Å²) < 4.78 is 32.8. The van der Waals surface area contributed by atoms with E-state index in [2.05, 4.69) is 39.8 Å². The van der Waals surface area contributed by atoms with Crippen molar-refractivity contribution in [2.24, 2.45) is 0 Å². The van der Waals surface area contributed by atoms with Gasteiger partial charge in [-0.3, -0.25) is 4.57 Å². The average molecular weight is 445 g/mol. The molecule has 1 aliphatic rings. The number of allylic oxidation sites excluding steroid dienone is 1. The molecule has 2 atom stereocenters. The van der Waals surface area contributed by atoms with Gasteiger partial charge < -0.3 is 13.8 Å². The van der Waals surface area contributed by atoms with Gasteiger partial charge in [0.15, 0.2) is 0 Å². The smallest absolute Gasteiger partial charge is 0.359 e. The van der Waals surface area contributed by atoms with Crippen LogP contribution in [0.3, 0.4) is 0 Å². The summed E-state index contributed by atoms with van der Waals surface area (Å²) in [6, 6.07) is 10.2. The average Bonchev–Trinajstić information content (AvgIpc) is 2.61. The lowest BCUT2D eigenvalue weighted by Gasteiger charge is -2.38. The van der Waals surface area contributed by atoms with E-state index < -0.39 is 7.60 Å². The molecule has 0 spiro atoms. The number of hydrogen-bond donors (Lipinski definition) is 0. The van der Waals surface area contributed by atoms with Crippen LogP contribution in [0.25, 0.3) is 0 Å². The molecular formula is C21H33O4PS2. The summed E-state index contributed by atoms with van der Waals surface area (Å²) in [5.74, 6) is 0.821. The van der Waals surface area contributed by atoms with Crippen molar-refractivity contribution in [3.05, 3.63) is 45.4 Å². The van der Waals surface area contributed by atoms with E-state index in [4.69, 9.17) is 13.8 Å². The van der Waals surface area contributed by atoms with Crippen LogP contribution in [0.15, 0.2) is 39.9 Å². The predicted molar refractivity (Wildman–Crippen MR) is 122 cm³/mol. The van der Waals surface area contributed by atoms with Crippen LogP contribution >= 0.6 is 31.1 Å². The first-order chi connectivity index (χ1) is 13.2. The molecule has 158 valence electrons. The SMILES string of the molecule is CCOP(=O)(OCC)C1=C(SCC)S[C@@H](OC(C)(C)C)C[C@H]1c1ccccc1. The van der Waals surface area contributed by atoms with Gasteiger partial charge in [0, 0.05) is 5.92 Å². The van der Waals surface area contributed by atoms with Crippen LogP contribution in [0.2, 0.25) is 0 Å². The highest BCUT2D eigenvalue weighted by atomic mass is 32.2. The number of benzene rings is 1. The Kier molecular flexibility index (Phi) is 9.18. The highest BCUT2D eigenvalue weighted by Gasteiger charge is 2.44. The molecule has 0 fully saturated rings. The Morgan fingerprint density at radius 3 is 2.21 bits per heavy atom. The maximum Gasteiger partial charge on any atom is 0.359 e. The predicted octanol–water partition coefficient (Wildman–Crippen LogP) is 7.24. The molecule has 7 heteroatoms. The quantitative estimate of drug-likeness (QED) is 0.374. The fourth-order valence-corrected chi connectivity index (χ4v) is 8.72.